The Kier molecular flexibility index (Phi) is 2.56. The predicted octanol–water partition coefficient (Wildman–Crippen LogP) is 0.858. The van der Waals surface area contributed by atoms with Gasteiger partial charge in [-0.3, -0.25) is 0 Å². The molecule has 1 fully saturated rings. The van der Waals surface area contributed by atoms with Crippen LogP contribution in [0.2, 0.25) is 0 Å². The highest BCUT2D eigenvalue weighted by molar-refractivity contribution is 5.56. The lowest BCUT2D eigenvalue weighted by atomic mass is 10.1. The second-order valence-corrected chi connectivity index (χ2v) is 5.17. The van der Waals surface area contributed by atoms with Crippen molar-refractivity contribution >= 4 is 5.82 Å². The number of piperazine rings is 1. The van der Waals surface area contributed by atoms with Crippen molar-refractivity contribution in [3.8, 4) is 0 Å². The third kappa shape index (κ3) is 1.72. The van der Waals surface area contributed by atoms with Crippen LogP contribution in [-0.4, -0.2) is 35.3 Å². The monoisotopic (exact) mass is 233 g/mol. The zero-order valence-electron chi connectivity index (χ0n) is 10.3. The number of hydrogen-bond acceptors (Lipinski definition) is 4. The van der Waals surface area contributed by atoms with E-state index in [-0.39, 0.29) is 0 Å². The summed E-state index contributed by atoms with van der Waals surface area (Å²) in [5.41, 5.74) is 2.09. The summed E-state index contributed by atoms with van der Waals surface area (Å²) >= 11 is 0. The summed E-state index contributed by atoms with van der Waals surface area (Å²) in [5, 5.41) is 13.1. The van der Waals surface area contributed by atoms with Gasteiger partial charge >= 0.3 is 0 Å². The Morgan fingerprint density at radius 2 is 2.29 bits per heavy atom. The molecule has 0 bridgehead atoms. The van der Waals surface area contributed by atoms with Crippen molar-refractivity contribution in [2.75, 3.05) is 18.0 Å². The van der Waals surface area contributed by atoms with Crippen LogP contribution in [0.15, 0.2) is 12.1 Å². The molecule has 0 aliphatic carbocycles. The summed E-state index contributed by atoms with van der Waals surface area (Å²) in [4.78, 5) is 7.05. The Morgan fingerprint density at radius 3 is 3.06 bits per heavy atom. The molecule has 3 heterocycles. The first kappa shape index (κ1) is 11.0. The zero-order valence-corrected chi connectivity index (χ0v) is 10.3. The van der Waals surface area contributed by atoms with Crippen LogP contribution in [0, 0.1) is 0 Å². The summed E-state index contributed by atoms with van der Waals surface area (Å²) < 4.78 is 0. The number of nitrogens with one attached hydrogen (secondary N) is 1. The van der Waals surface area contributed by atoms with Crippen LogP contribution in [-0.2, 0) is 6.42 Å². The molecule has 3 rings (SSSR count). The standard InChI is InChI=1S/C13H19N3O/c1-8-6-14-7-11-5-10-3-4-12(9(2)17)15-13(10)16(8)11/h3-4,8-9,11,14,17H,5-7H2,1-2H3/t8-,9?,11-/m1/s1. The Morgan fingerprint density at radius 1 is 1.47 bits per heavy atom. The van der Waals surface area contributed by atoms with Gasteiger partial charge < -0.3 is 15.3 Å². The fraction of sp³-hybridized carbons (Fsp3) is 0.615. The fourth-order valence-corrected chi connectivity index (χ4v) is 2.93. The Balaban J connectivity index is 2.00. The highest BCUT2D eigenvalue weighted by atomic mass is 16.3. The number of aromatic nitrogens is 1. The molecule has 3 atom stereocenters. The van der Waals surface area contributed by atoms with E-state index in [2.05, 4.69) is 28.2 Å². The van der Waals surface area contributed by atoms with Crippen LogP contribution in [0.3, 0.4) is 0 Å². The second-order valence-electron chi connectivity index (χ2n) is 5.17. The number of anilines is 1. The van der Waals surface area contributed by atoms with Crippen molar-refractivity contribution < 1.29 is 5.11 Å². The second kappa shape index (κ2) is 3.96. The van der Waals surface area contributed by atoms with Gasteiger partial charge in [0.1, 0.15) is 5.82 Å². The summed E-state index contributed by atoms with van der Waals surface area (Å²) in [7, 11) is 0. The average Bonchev–Trinajstić information content (AvgIpc) is 2.67. The largest absolute Gasteiger partial charge is 0.387 e. The Hall–Kier alpha value is -1.13. The zero-order chi connectivity index (χ0) is 12.0. The summed E-state index contributed by atoms with van der Waals surface area (Å²) in [5.74, 6) is 1.09. The van der Waals surface area contributed by atoms with Gasteiger partial charge in [-0.05, 0) is 31.9 Å². The molecule has 2 aliphatic rings. The number of hydrogen-bond donors (Lipinski definition) is 2. The van der Waals surface area contributed by atoms with E-state index in [4.69, 9.17) is 0 Å². The molecule has 17 heavy (non-hydrogen) atoms. The Labute approximate surface area is 102 Å². The molecule has 2 aliphatic heterocycles. The van der Waals surface area contributed by atoms with Gasteiger partial charge in [0, 0.05) is 25.2 Å². The molecule has 0 amide bonds. The molecule has 0 spiro atoms. The molecule has 4 nitrogen and oxygen atoms in total. The molecule has 4 heteroatoms. The van der Waals surface area contributed by atoms with Crippen LogP contribution in [0.5, 0.6) is 0 Å². The smallest absolute Gasteiger partial charge is 0.132 e. The van der Waals surface area contributed by atoms with Crippen molar-refractivity contribution in [3.05, 3.63) is 23.4 Å². The maximum atomic E-state index is 9.62. The predicted molar refractivity (Wildman–Crippen MR) is 67.2 cm³/mol. The normalized spacial score (nSPS) is 28.8. The Bertz CT molecular complexity index is 433. The van der Waals surface area contributed by atoms with Crippen LogP contribution in [0.25, 0.3) is 0 Å². The minimum atomic E-state index is -0.488. The summed E-state index contributed by atoms with van der Waals surface area (Å²) in [6.45, 7) is 6.04. The van der Waals surface area contributed by atoms with Crippen LogP contribution < -0.4 is 10.2 Å². The van der Waals surface area contributed by atoms with Gasteiger partial charge in [0.25, 0.3) is 0 Å². The summed E-state index contributed by atoms with van der Waals surface area (Å²) in [6, 6.07) is 5.08. The third-order valence-electron chi connectivity index (χ3n) is 3.79. The lowest BCUT2D eigenvalue weighted by Crippen LogP contribution is -2.55. The molecule has 2 N–H and O–H groups in total. The van der Waals surface area contributed by atoms with E-state index >= 15 is 0 Å². The number of aliphatic hydroxyl groups is 1. The first-order valence-corrected chi connectivity index (χ1v) is 6.33. The SMILES string of the molecule is CC(O)c1ccc2c(n1)N1[C@@H](CNC[C@H]1C)C2. The number of nitrogens with zero attached hydrogens (tertiary/aromatic N) is 2. The van der Waals surface area contributed by atoms with E-state index < -0.39 is 6.10 Å². The van der Waals surface area contributed by atoms with Gasteiger partial charge in [-0.15, -0.1) is 0 Å². The van der Waals surface area contributed by atoms with Crippen molar-refractivity contribution in [2.24, 2.45) is 0 Å². The van der Waals surface area contributed by atoms with E-state index in [1.54, 1.807) is 6.92 Å². The molecule has 1 saturated heterocycles. The molecular weight excluding hydrogens is 214 g/mol. The quantitative estimate of drug-likeness (QED) is 0.755. The highest BCUT2D eigenvalue weighted by Crippen LogP contribution is 2.34. The van der Waals surface area contributed by atoms with Crippen LogP contribution in [0.4, 0.5) is 5.82 Å². The van der Waals surface area contributed by atoms with Gasteiger partial charge in [0.2, 0.25) is 0 Å². The van der Waals surface area contributed by atoms with E-state index in [9.17, 15) is 5.11 Å². The fourth-order valence-electron chi connectivity index (χ4n) is 2.93. The van der Waals surface area contributed by atoms with Crippen molar-refractivity contribution in [1.82, 2.24) is 10.3 Å². The highest BCUT2D eigenvalue weighted by Gasteiger charge is 2.36. The molecule has 0 aromatic carbocycles. The molecule has 1 aromatic rings. The topological polar surface area (TPSA) is 48.4 Å². The maximum absolute atomic E-state index is 9.62. The van der Waals surface area contributed by atoms with Gasteiger partial charge in [-0.25, -0.2) is 4.98 Å². The third-order valence-corrected chi connectivity index (χ3v) is 3.79. The van der Waals surface area contributed by atoms with Gasteiger partial charge in [-0.1, -0.05) is 6.07 Å². The van der Waals surface area contributed by atoms with Crippen molar-refractivity contribution in [1.29, 1.82) is 0 Å². The first-order chi connectivity index (χ1) is 8.16. The summed E-state index contributed by atoms with van der Waals surface area (Å²) in [6.07, 6.45) is 0.581. The van der Waals surface area contributed by atoms with E-state index in [1.165, 1.54) is 5.56 Å². The van der Waals surface area contributed by atoms with Crippen molar-refractivity contribution in [3.63, 3.8) is 0 Å². The number of rotatable bonds is 1. The number of aliphatic hydroxyl groups excluding tert-OH is 1. The molecule has 1 aromatic heterocycles. The molecular formula is C13H19N3O. The average molecular weight is 233 g/mol. The van der Waals surface area contributed by atoms with E-state index in [0.717, 1.165) is 31.0 Å². The van der Waals surface area contributed by atoms with Gasteiger partial charge in [0.15, 0.2) is 0 Å². The van der Waals surface area contributed by atoms with Crippen LogP contribution >= 0.6 is 0 Å². The van der Waals surface area contributed by atoms with E-state index in [0.29, 0.717) is 12.1 Å². The molecule has 0 radical (unpaired) electrons. The van der Waals surface area contributed by atoms with Crippen LogP contribution in [0.1, 0.15) is 31.2 Å². The number of pyridine rings is 1. The molecule has 92 valence electrons. The van der Waals surface area contributed by atoms with Gasteiger partial charge in [0.05, 0.1) is 11.8 Å². The lowest BCUT2D eigenvalue weighted by Gasteiger charge is -2.37. The minimum Gasteiger partial charge on any atom is -0.387 e. The number of fused-ring (bicyclic) bond motifs is 3. The molecule has 1 unspecified atom stereocenters. The first-order valence-electron chi connectivity index (χ1n) is 6.33. The minimum absolute atomic E-state index is 0.478. The van der Waals surface area contributed by atoms with Crippen molar-refractivity contribution in [2.45, 2.75) is 38.5 Å². The van der Waals surface area contributed by atoms with E-state index in [1.807, 2.05) is 6.07 Å². The van der Waals surface area contributed by atoms with Gasteiger partial charge in [-0.2, -0.15) is 0 Å². The maximum Gasteiger partial charge on any atom is 0.132 e. The molecule has 0 saturated carbocycles. The lowest BCUT2D eigenvalue weighted by molar-refractivity contribution is 0.194.